The van der Waals surface area contributed by atoms with Crippen molar-refractivity contribution in [3.8, 4) is 22.6 Å². The molecule has 5 nitrogen and oxygen atoms in total. The van der Waals surface area contributed by atoms with Crippen molar-refractivity contribution in [1.82, 2.24) is 0 Å². The van der Waals surface area contributed by atoms with Gasteiger partial charge in [-0.05, 0) is 36.0 Å². The van der Waals surface area contributed by atoms with Crippen LogP contribution in [0.1, 0.15) is 24.5 Å². The van der Waals surface area contributed by atoms with E-state index >= 15 is 0 Å². The molecule has 0 amide bonds. The van der Waals surface area contributed by atoms with Gasteiger partial charge in [0.25, 0.3) is 0 Å². The summed E-state index contributed by atoms with van der Waals surface area (Å²) in [5.74, 6) is 1.52. The van der Waals surface area contributed by atoms with E-state index < -0.39 is 0 Å². The molecular weight excluding hydrogens is 368 g/mol. The van der Waals surface area contributed by atoms with Crippen molar-refractivity contribution in [3.63, 3.8) is 0 Å². The second kappa shape index (κ2) is 13.0. The van der Waals surface area contributed by atoms with Crippen molar-refractivity contribution in [2.75, 3.05) is 41.0 Å². The third kappa shape index (κ3) is 6.60. The Labute approximate surface area is 174 Å². The van der Waals surface area contributed by atoms with Crippen LogP contribution in [0.15, 0.2) is 49.1 Å². The van der Waals surface area contributed by atoms with Crippen LogP contribution in [0.3, 0.4) is 0 Å². The zero-order chi connectivity index (χ0) is 20.9. The Morgan fingerprint density at radius 3 is 2.24 bits per heavy atom. The van der Waals surface area contributed by atoms with E-state index in [0.717, 1.165) is 47.5 Å². The minimum atomic E-state index is 0.164. The topological polar surface area (TPSA) is 46.2 Å². The fraction of sp³-hybridized carbons (Fsp3) is 0.417. The summed E-state index contributed by atoms with van der Waals surface area (Å²) in [7, 11) is 3.23. The van der Waals surface area contributed by atoms with Gasteiger partial charge in [-0.1, -0.05) is 43.3 Å². The average molecular weight is 401 g/mol. The number of hydrogen-bond donors (Lipinski definition) is 0. The normalized spacial score (nSPS) is 10.7. The molecule has 0 bridgehead atoms. The molecule has 0 heterocycles. The molecule has 5 heteroatoms. The second-order valence-electron chi connectivity index (χ2n) is 6.49. The summed E-state index contributed by atoms with van der Waals surface area (Å²) in [5, 5.41) is 0. The Morgan fingerprint density at radius 2 is 1.62 bits per heavy atom. The maximum Gasteiger partial charge on any atom is 0.188 e. The molecule has 0 saturated heterocycles. The lowest BCUT2D eigenvalue weighted by atomic mass is 9.89. The van der Waals surface area contributed by atoms with Crippen molar-refractivity contribution >= 4 is 0 Å². The quantitative estimate of drug-likeness (QED) is 0.253. The van der Waals surface area contributed by atoms with Gasteiger partial charge in [0.1, 0.15) is 11.5 Å². The third-order valence-electron chi connectivity index (χ3n) is 4.50. The summed E-state index contributed by atoms with van der Waals surface area (Å²) in [6, 6.07) is 12.2. The average Bonchev–Trinajstić information content (AvgIpc) is 2.76. The van der Waals surface area contributed by atoms with Crippen molar-refractivity contribution in [2.24, 2.45) is 0 Å². The zero-order valence-electron chi connectivity index (χ0n) is 17.7. The van der Waals surface area contributed by atoms with Gasteiger partial charge in [-0.15, -0.1) is 6.58 Å². The minimum absolute atomic E-state index is 0.164. The van der Waals surface area contributed by atoms with E-state index in [0.29, 0.717) is 13.2 Å². The highest BCUT2D eigenvalue weighted by Gasteiger charge is 2.20. The summed E-state index contributed by atoms with van der Waals surface area (Å²) >= 11 is 0. The molecule has 0 aliphatic rings. The zero-order valence-corrected chi connectivity index (χ0v) is 17.7. The van der Waals surface area contributed by atoms with Crippen LogP contribution in [0.5, 0.6) is 11.5 Å². The van der Waals surface area contributed by atoms with E-state index in [-0.39, 0.29) is 13.6 Å². The van der Waals surface area contributed by atoms with E-state index in [1.807, 2.05) is 24.3 Å². The van der Waals surface area contributed by atoms with Gasteiger partial charge in [0, 0.05) is 32.5 Å². The smallest absolute Gasteiger partial charge is 0.188 e. The van der Waals surface area contributed by atoms with E-state index in [1.165, 1.54) is 5.56 Å². The summed E-state index contributed by atoms with van der Waals surface area (Å²) < 4.78 is 27.7. The van der Waals surface area contributed by atoms with Crippen LogP contribution in [0, 0.1) is 0 Å². The van der Waals surface area contributed by atoms with E-state index in [4.69, 9.17) is 23.7 Å². The number of ether oxygens (including phenoxy) is 5. The van der Waals surface area contributed by atoms with Crippen molar-refractivity contribution in [2.45, 2.75) is 26.2 Å². The Kier molecular flexibility index (Phi) is 10.3. The lowest BCUT2D eigenvalue weighted by Crippen LogP contribution is -2.09. The van der Waals surface area contributed by atoms with Gasteiger partial charge in [0.05, 0.1) is 6.61 Å². The van der Waals surface area contributed by atoms with E-state index in [2.05, 4.69) is 25.6 Å². The summed E-state index contributed by atoms with van der Waals surface area (Å²) in [6.07, 6.45) is 4.34. The summed E-state index contributed by atoms with van der Waals surface area (Å²) in [5.41, 5.74) is 4.55. The molecular formula is C24H32O5. The maximum atomic E-state index is 5.96. The molecule has 0 saturated carbocycles. The monoisotopic (exact) mass is 400 g/mol. The van der Waals surface area contributed by atoms with Crippen LogP contribution in [0.4, 0.5) is 0 Å². The van der Waals surface area contributed by atoms with Crippen LogP contribution < -0.4 is 9.47 Å². The Hall–Kier alpha value is -2.34. The van der Waals surface area contributed by atoms with Gasteiger partial charge in [0.2, 0.25) is 0 Å². The van der Waals surface area contributed by atoms with Crippen LogP contribution in [0.25, 0.3) is 11.1 Å². The number of hydrogen-bond acceptors (Lipinski definition) is 5. The SMILES string of the molecule is C=CCOCCCc1c(CC)c(OCOC)cc(OCOC)c1-c1ccccc1. The number of rotatable bonds is 14. The fourth-order valence-electron chi connectivity index (χ4n) is 3.32. The molecule has 0 N–H and O–H groups in total. The maximum absolute atomic E-state index is 5.96. The van der Waals surface area contributed by atoms with Crippen LogP contribution >= 0.6 is 0 Å². The first kappa shape index (κ1) is 22.9. The lowest BCUT2D eigenvalue weighted by Gasteiger charge is -2.22. The van der Waals surface area contributed by atoms with E-state index in [1.54, 1.807) is 20.3 Å². The van der Waals surface area contributed by atoms with Gasteiger partial charge in [-0.25, -0.2) is 0 Å². The molecule has 158 valence electrons. The molecule has 2 rings (SSSR count). The minimum Gasteiger partial charge on any atom is -0.467 e. The summed E-state index contributed by atoms with van der Waals surface area (Å²) in [6.45, 7) is 7.41. The molecule has 2 aromatic rings. The molecule has 2 aromatic carbocycles. The van der Waals surface area contributed by atoms with Gasteiger partial charge in [0.15, 0.2) is 13.6 Å². The number of benzene rings is 2. The molecule has 0 fully saturated rings. The Morgan fingerprint density at radius 1 is 0.931 bits per heavy atom. The molecule has 29 heavy (non-hydrogen) atoms. The molecule has 0 spiro atoms. The van der Waals surface area contributed by atoms with Crippen molar-refractivity contribution < 1.29 is 23.7 Å². The van der Waals surface area contributed by atoms with Crippen molar-refractivity contribution in [3.05, 3.63) is 60.2 Å². The van der Waals surface area contributed by atoms with Crippen LogP contribution in [-0.4, -0.2) is 41.0 Å². The molecule has 0 aliphatic carbocycles. The van der Waals surface area contributed by atoms with Gasteiger partial charge < -0.3 is 23.7 Å². The summed E-state index contributed by atoms with van der Waals surface area (Å²) in [4.78, 5) is 0. The molecule has 0 unspecified atom stereocenters. The predicted molar refractivity (Wildman–Crippen MR) is 116 cm³/mol. The van der Waals surface area contributed by atoms with E-state index in [9.17, 15) is 0 Å². The first-order valence-corrected chi connectivity index (χ1v) is 9.93. The first-order chi connectivity index (χ1) is 14.3. The number of methoxy groups -OCH3 is 2. The van der Waals surface area contributed by atoms with Gasteiger partial charge >= 0.3 is 0 Å². The van der Waals surface area contributed by atoms with Crippen LogP contribution in [-0.2, 0) is 27.1 Å². The lowest BCUT2D eigenvalue weighted by molar-refractivity contribution is 0.0457. The Balaban J connectivity index is 2.53. The first-order valence-electron chi connectivity index (χ1n) is 9.93. The fourth-order valence-corrected chi connectivity index (χ4v) is 3.32. The van der Waals surface area contributed by atoms with Gasteiger partial charge in [-0.3, -0.25) is 0 Å². The van der Waals surface area contributed by atoms with Crippen molar-refractivity contribution in [1.29, 1.82) is 0 Å². The largest absolute Gasteiger partial charge is 0.467 e. The highest BCUT2D eigenvalue weighted by Crippen LogP contribution is 2.41. The second-order valence-corrected chi connectivity index (χ2v) is 6.49. The van der Waals surface area contributed by atoms with Crippen LogP contribution in [0.2, 0.25) is 0 Å². The predicted octanol–water partition coefficient (Wildman–Crippen LogP) is 5.02. The molecule has 0 atom stereocenters. The molecule has 0 radical (unpaired) electrons. The standard InChI is InChI=1S/C24H32O5/c1-5-14-27-15-10-13-21-20(6-2)22(28-17-25-3)16-23(29-18-26-4)24(21)19-11-8-7-9-12-19/h5,7-9,11-12,16H,1,6,10,13-15,17-18H2,2-4H3. The highest BCUT2D eigenvalue weighted by molar-refractivity contribution is 5.77. The third-order valence-corrected chi connectivity index (χ3v) is 4.50. The molecule has 0 aromatic heterocycles. The molecule has 0 aliphatic heterocycles. The Bertz CT molecular complexity index is 743. The van der Waals surface area contributed by atoms with Gasteiger partial charge in [-0.2, -0.15) is 0 Å². The highest BCUT2D eigenvalue weighted by atomic mass is 16.7.